The molecule has 0 saturated heterocycles. The molecule has 0 aliphatic heterocycles. The van der Waals surface area contributed by atoms with Crippen molar-refractivity contribution in [2.45, 2.75) is 161 Å². The Hall–Kier alpha value is -2.63. The first-order valence-corrected chi connectivity index (χ1v) is 23.3. The Kier molecular flexibility index (Phi) is 35.7. The first-order valence-electron chi connectivity index (χ1n) is 21.9. The van der Waals surface area contributed by atoms with Crippen molar-refractivity contribution in [1.29, 1.82) is 0 Å². The van der Waals surface area contributed by atoms with Gasteiger partial charge in [0.25, 0.3) is 7.82 Å². The van der Waals surface area contributed by atoms with E-state index in [0.29, 0.717) is 43.1 Å². The molecule has 11 nitrogen and oxygen atoms in total. The average molecular weight is 838 g/mol. The molecule has 4 atom stereocenters. The molecule has 12 heteroatoms. The number of allylic oxidation sites excluding steroid dienone is 8. The highest BCUT2D eigenvalue weighted by Gasteiger charge is 2.21. The highest BCUT2D eigenvalue weighted by atomic mass is 31.2. The molecule has 2 N–H and O–H groups in total. The largest absolute Gasteiger partial charge is 0.756 e. The van der Waals surface area contributed by atoms with E-state index in [4.69, 9.17) is 18.5 Å². The number of aliphatic hydroxyl groups excluding tert-OH is 2. The zero-order valence-electron chi connectivity index (χ0n) is 36.7. The molecule has 0 aliphatic rings. The van der Waals surface area contributed by atoms with Crippen LogP contribution in [0.3, 0.4) is 0 Å². The summed E-state index contributed by atoms with van der Waals surface area (Å²) in [4.78, 5) is 37.5. The molecule has 0 bridgehead atoms. The molecule has 0 fully saturated rings. The lowest BCUT2D eigenvalue weighted by Crippen LogP contribution is -2.37. The van der Waals surface area contributed by atoms with Gasteiger partial charge in [-0.1, -0.05) is 164 Å². The Balaban J connectivity index is 4.62. The van der Waals surface area contributed by atoms with Crippen molar-refractivity contribution in [3.63, 3.8) is 0 Å². The molecule has 0 aromatic carbocycles. The quantitative estimate of drug-likeness (QED) is 0.0154. The van der Waals surface area contributed by atoms with Gasteiger partial charge in [0, 0.05) is 12.8 Å². The predicted molar refractivity (Wildman–Crippen MR) is 234 cm³/mol. The van der Waals surface area contributed by atoms with Crippen molar-refractivity contribution in [3.8, 4) is 0 Å². The standard InChI is InChI=1S/C46H80NO10P/c1-6-8-10-11-12-13-14-15-16-17-18-22-30-36-45(50)54-40-44(41-56-58(52,53)55-39-38-47(3,4)5)57-46(51)37-31-23-20-19-21-27-33-43(49)35-29-25-24-28-34-42(48)32-26-9-7-2/h9,20-21,23-29,34-35,42-44,48-49H,6-8,10-19,22,30-33,36-41H2,1-5H3/b23-20-,25-24-,26-9-,27-21-,34-28+,35-29+/t42-,43+,44+/m0/s1. The molecule has 0 rings (SSSR count). The molecule has 0 spiro atoms. The van der Waals surface area contributed by atoms with Crippen LogP contribution in [0.1, 0.15) is 142 Å². The maximum Gasteiger partial charge on any atom is 0.306 e. The average Bonchev–Trinajstić information content (AvgIpc) is 3.16. The smallest absolute Gasteiger partial charge is 0.306 e. The van der Waals surface area contributed by atoms with Gasteiger partial charge < -0.3 is 38.1 Å². The van der Waals surface area contributed by atoms with Gasteiger partial charge >= 0.3 is 11.9 Å². The maximum atomic E-state index is 12.6. The lowest BCUT2D eigenvalue weighted by atomic mass is 10.0. The van der Waals surface area contributed by atoms with E-state index in [2.05, 4.69) is 6.92 Å². The molecule has 0 saturated carbocycles. The van der Waals surface area contributed by atoms with E-state index in [0.717, 1.165) is 25.7 Å². The summed E-state index contributed by atoms with van der Waals surface area (Å²) >= 11 is 0. The van der Waals surface area contributed by atoms with Crippen LogP contribution in [-0.4, -0.2) is 92.5 Å². The molecule has 1 unspecified atom stereocenters. The third-order valence-electron chi connectivity index (χ3n) is 8.92. The second-order valence-electron chi connectivity index (χ2n) is 15.7. The number of carbonyl (C=O) groups is 2. The summed E-state index contributed by atoms with van der Waals surface area (Å²) in [5.41, 5.74) is 0. The summed E-state index contributed by atoms with van der Waals surface area (Å²) in [6.07, 6.45) is 38.6. The van der Waals surface area contributed by atoms with Crippen molar-refractivity contribution >= 4 is 19.8 Å². The van der Waals surface area contributed by atoms with Crippen LogP contribution in [0.2, 0.25) is 0 Å². The first kappa shape index (κ1) is 55.4. The summed E-state index contributed by atoms with van der Waals surface area (Å²) in [5, 5.41) is 20.0. The molecule has 334 valence electrons. The SMILES string of the molecule is CC/C=C\C[C@H](O)/C=C/C=C\C=C\[C@H](O)C/C=C\C/C=C\CCC(=O)O[C@H](COC(=O)CCCCCCCCCCCCCCC)COP(=O)([O-])OCC[N+](C)(C)C. The van der Waals surface area contributed by atoms with Gasteiger partial charge in [0.05, 0.1) is 40.0 Å². The third-order valence-corrected chi connectivity index (χ3v) is 9.88. The van der Waals surface area contributed by atoms with E-state index in [1.807, 2.05) is 64.5 Å². The fourth-order valence-corrected chi connectivity index (χ4v) is 6.17. The number of ether oxygens (including phenoxy) is 2. The Morgan fingerprint density at radius 3 is 1.74 bits per heavy atom. The molecule has 0 aromatic heterocycles. The number of quaternary nitrogens is 1. The van der Waals surface area contributed by atoms with Crippen LogP contribution in [0, 0.1) is 0 Å². The van der Waals surface area contributed by atoms with Gasteiger partial charge in [0.2, 0.25) is 0 Å². The topological polar surface area (TPSA) is 152 Å². The highest BCUT2D eigenvalue weighted by molar-refractivity contribution is 7.45. The number of unbranched alkanes of at least 4 members (excludes halogenated alkanes) is 12. The molecule has 0 amide bonds. The van der Waals surface area contributed by atoms with Gasteiger partial charge in [-0.15, -0.1) is 0 Å². The van der Waals surface area contributed by atoms with Crippen LogP contribution in [0.5, 0.6) is 0 Å². The maximum absolute atomic E-state index is 12.6. The number of hydrogen-bond acceptors (Lipinski definition) is 10. The summed E-state index contributed by atoms with van der Waals surface area (Å²) in [7, 11) is 1.04. The Morgan fingerprint density at radius 2 is 1.19 bits per heavy atom. The third kappa shape index (κ3) is 40.2. The van der Waals surface area contributed by atoms with Gasteiger partial charge in [-0.3, -0.25) is 14.2 Å². The van der Waals surface area contributed by atoms with Crippen molar-refractivity contribution in [1.82, 2.24) is 0 Å². The number of aliphatic hydroxyl groups is 2. The molecule has 0 heterocycles. The number of rotatable bonds is 38. The zero-order valence-corrected chi connectivity index (χ0v) is 37.6. The fraction of sp³-hybridized carbons (Fsp3) is 0.696. The Bertz CT molecular complexity index is 1250. The lowest BCUT2D eigenvalue weighted by Gasteiger charge is -2.28. The fourth-order valence-electron chi connectivity index (χ4n) is 5.44. The number of nitrogens with zero attached hydrogens (tertiary/aromatic N) is 1. The Labute approximate surface area is 352 Å². The highest BCUT2D eigenvalue weighted by Crippen LogP contribution is 2.38. The van der Waals surface area contributed by atoms with E-state index in [-0.39, 0.29) is 26.1 Å². The Morgan fingerprint density at radius 1 is 0.655 bits per heavy atom. The molecule has 0 radical (unpaired) electrons. The minimum absolute atomic E-state index is 0.0414. The van der Waals surface area contributed by atoms with Crippen molar-refractivity contribution in [3.05, 3.63) is 72.9 Å². The lowest BCUT2D eigenvalue weighted by molar-refractivity contribution is -0.870. The number of likely N-dealkylation sites (N-methyl/N-ethyl adjacent to an activating group) is 1. The molecular weight excluding hydrogens is 757 g/mol. The van der Waals surface area contributed by atoms with E-state index >= 15 is 0 Å². The van der Waals surface area contributed by atoms with Gasteiger partial charge in [-0.25, -0.2) is 0 Å². The van der Waals surface area contributed by atoms with Gasteiger partial charge in [-0.2, -0.15) is 0 Å². The first-order chi connectivity index (χ1) is 27.8. The number of esters is 2. The molecule has 0 aliphatic carbocycles. The van der Waals surface area contributed by atoms with Crippen LogP contribution in [-0.2, 0) is 32.7 Å². The number of phosphoric ester groups is 1. The van der Waals surface area contributed by atoms with Gasteiger partial charge in [-0.05, 0) is 38.5 Å². The minimum atomic E-state index is -4.67. The molecular formula is C46H80NO10P. The van der Waals surface area contributed by atoms with Crippen molar-refractivity contribution in [2.75, 3.05) is 47.5 Å². The molecule has 0 aromatic rings. The predicted octanol–water partition coefficient (Wildman–Crippen LogP) is 9.55. The minimum Gasteiger partial charge on any atom is -0.756 e. The van der Waals surface area contributed by atoms with E-state index < -0.39 is 44.7 Å². The van der Waals surface area contributed by atoms with E-state index in [1.165, 1.54) is 57.8 Å². The van der Waals surface area contributed by atoms with Crippen LogP contribution in [0.15, 0.2) is 72.9 Å². The summed E-state index contributed by atoms with van der Waals surface area (Å²) in [6.45, 7) is 3.81. The second-order valence-corrected chi connectivity index (χ2v) is 17.1. The number of phosphoric acid groups is 1. The monoisotopic (exact) mass is 838 g/mol. The molecule has 58 heavy (non-hydrogen) atoms. The normalized spacial score (nSPS) is 15.4. The van der Waals surface area contributed by atoms with Crippen LogP contribution in [0.25, 0.3) is 0 Å². The summed E-state index contributed by atoms with van der Waals surface area (Å²) in [6, 6.07) is 0. The zero-order chi connectivity index (χ0) is 43.2. The van der Waals surface area contributed by atoms with Crippen LogP contribution < -0.4 is 4.89 Å². The van der Waals surface area contributed by atoms with Gasteiger partial charge in [0.15, 0.2) is 6.10 Å². The number of hydrogen-bond donors (Lipinski definition) is 2. The summed E-state index contributed by atoms with van der Waals surface area (Å²) < 4.78 is 33.7. The van der Waals surface area contributed by atoms with Crippen LogP contribution in [0.4, 0.5) is 0 Å². The second kappa shape index (κ2) is 37.4. The van der Waals surface area contributed by atoms with Gasteiger partial charge in [0.1, 0.15) is 19.8 Å². The van der Waals surface area contributed by atoms with Crippen molar-refractivity contribution in [2.24, 2.45) is 0 Å². The van der Waals surface area contributed by atoms with E-state index in [1.54, 1.807) is 36.5 Å². The van der Waals surface area contributed by atoms with E-state index in [9.17, 15) is 29.3 Å². The number of carbonyl (C=O) groups excluding carboxylic acids is 2. The van der Waals surface area contributed by atoms with Crippen molar-refractivity contribution < 1.29 is 52.3 Å². The summed E-state index contributed by atoms with van der Waals surface area (Å²) in [5.74, 6) is -1.01. The van der Waals surface area contributed by atoms with Crippen LogP contribution >= 0.6 is 7.82 Å².